The van der Waals surface area contributed by atoms with Crippen LogP contribution in [-0.4, -0.2) is 32.1 Å². The normalized spacial score (nSPS) is 10.9. The van der Waals surface area contributed by atoms with Gasteiger partial charge in [0.15, 0.2) is 0 Å². The molecule has 0 aliphatic carbocycles. The van der Waals surface area contributed by atoms with E-state index in [4.69, 9.17) is 4.74 Å². The average molecular weight is 290 g/mol. The van der Waals surface area contributed by atoms with E-state index in [2.05, 4.69) is 30.1 Å². The second-order valence-electron chi connectivity index (χ2n) is 4.84. The van der Waals surface area contributed by atoms with Crippen molar-refractivity contribution in [1.29, 1.82) is 0 Å². The first-order valence-corrected chi connectivity index (χ1v) is 7.34. The molecule has 0 aliphatic heterocycles. The van der Waals surface area contributed by atoms with Crippen LogP contribution in [-0.2, 0) is 31.2 Å². The van der Waals surface area contributed by atoms with Gasteiger partial charge < -0.3 is 4.74 Å². The molecule has 0 aliphatic rings. The Labute approximate surface area is 124 Å². The monoisotopic (exact) mass is 290 g/mol. The van der Waals surface area contributed by atoms with Crippen molar-refractivity contribution in [3.05, 3.63) is 34.9 Å². The Kier molecular flexibility index (Phi) is 4.77. The Morgan fingerprint density at radius 3 is 2.67 bits per heavy atom. The van der Waals surface area contributed by atoms with Gasteiger partial charge in [-0.05, 0) is 25.8 Å². The molecule has 0 saturated carbocycles. The maximum Gasteiger partial charge on any atom is 0.341 e. The second kappa shape index (κ2) is 6.56. The van der Waals surface area contributed by atoms with Crippen LogP contribution in [0.5, 0.6) is 0 Å². The molecular formula is C15H22N4O2. The summed E-state index contributed by atoms with van der Waals surface area (Å²) >= 11 is 0. The van der Waals surface area contributed by atoms with Crippen molar-refractivity contribution < 1.29 is 9.53 Å². The number of rotatable bonds is 6. The van der Waals surface area contributed by atoms with Crippen molar-refractivity contribution in [2.45, 2.75) is 40.2 Å². The van der Waals surface area contributed by atoms with Crippen LogP contribution in [0.2, 0.25) is 0 Å². The predicted octanol–water partition coefficient (Wildman–Crippen LogP) is 1.97. The summed E-state index contributed by atoms with van der Waals surface area (Å²) in [6.07, 6.45) is 3.36. The lowest BCUT2D eigenvalue weighted by atomic mass is 10.2. The quantitative estimate of drug-likeness (QED) is 0.763. The standard InChI is InChI=1S/C15H22N4O2/c1-5-11-8-12(6-2)19(17-11)10-14-13(9-16-18(14)4)15(20)21-7-3/h8-9H,5-7,10H2,1-4H3. The third-order valence-electron chi connectivity index (χ3n) is 3.49. The van der Waals surface area contributed by atoms with Gasteiger partial charge in [-0.2, -0.15) is 10.2 Å². The van der Waals surface area contributed by atoms with E-state index in [1.165, 1.54) is 0 Å². The van der Waals surface area contributed by atoms with Gasteiger partial charge in [-0.15, -0.1) is 0 Å². The molecule has 0 radical (unpaired) electrons. The molecule has 0 spiro atoms. The molecule has 0 aromatic carbocycles. The van der Waals surface area contributed by atoms with Gasteiger partial charge in [-0.1, -0.05) is 13.8 Å². The van der Waals surface area contributed by atoms with Gasteiger partial charge in [0.2, 0.25) is 0 Å². The minimum atomic E-state index is -0.332. The Morgan fingerprint density at radius 2 is 2.05 bits per heavy atom. The van der Waals surface area contributed by atoms with Gasteiger partial charge in [0.1, 0.15) is 5.56 Å². The Hall–Kier alpha value is -2.11. The van der Waals surface area contributed by atoms with Crippen LogP contribution in [0.3, 0.4) is 0 Å². The van der Waals surface area contributed by atoms with Crippen molar-refractivity contribution in [3.63, 3.8) is 0 Å². The number of carbonyl (C=O) groups excluding carboxylic acids is 1. The van der Waals surface area contributed by atoms with Crippen molar-refractivity contribution in [2.75, 3.05) is 6.61 Å². The molecular weight excluding hydrogens is 268 g/mol. The third-order valence-corrected chi connectivity index (χ3v) is 3.49. The number of aromatic nitrogens is 4. The van der Waals surface area contributed by atoms with Crippen molar-refractivity contribution >= 4 is 5.97 Å². The first-order chi connectivity index (χ1) is 10.1. The number of hydrogen-bond donors (Lipinski definition) is 0. The summed E-state index contributed by atoms with van der Waals surface area (Å²) in [5.41, 5.74) is 3.54. The smallest absolute Gasteiger partial charge is 0.341 e. The molecule has 21 heavy (non-hydrogen) atoms. The maximum atomic E-state index is 12.0. The second-order valence-corrected chi connectivity index (χ2v) is 4.84. The number of esters is 1. The summed E-state index contributed by atoms with van der Waals surface area (Å²) in [5.74, 6) is -0.332. The molecule has 2 heterocycles. The zero-order valence-electron chi connectivity index (χ0n) is 13.1. The highest BCUT2D eigenvalue weighted by Gasteiger charge is 2.18. The van der Waals surface area contributed by atoms with Crippen LogP contribution in [0.1, 0.15) is 48.2 Å². The van der Waals surface area contributed by atoms with E-state index in [1.54, 1.807) is 17.8 Å². The van der Waals surface area contributed by atoms with Gasteiger partial charge in [0.05, 0.1) is 30.7 Å². The van der Waals surface area contributed by atoms with Crippen molar-refractivity contribution in [3.8, 4) is 0 Å². The Morgan fingerprint density at radius 1 is 1.29 bits per heavy atom. The SMILES string of the molecule is CCOC(=O)c1cnn(C)c1Cn1nc(CC)cc1CC. The molecule has 6 heteroatoms. The summed E-state index contributed by atoms with van der Waals surface area (Å²) < 4.78 is 8.73. The highest BCUT2D eigenvalue weighted by atomic mass is 16.5. The molecule has 2 aromatic heterocycles. The summed E-state index contributed by atoms with van der Waals surface area (Å²) in [7, 11) is 1.83. The van der Waals surface area contributed by atoms with E-state index in [0.29, 0.717) is 18.7 Å². The third kappa shape index (κ3) is 3.15. The fourth-order valence-corrected chi connectivity index (χ4v) is 2.28. The van der Waals surface area contributed by atoms with Gasteiger partial charge in [-0.25, -0.2) is 4.79 Å². The van der Waals surface area contributed by atoms with E-state index in [1.807, 2.05) is 11.7 Å². The molecule has 2 rings (SSSR count). The lowest BCUT2D eigenvalue weighted by Gasteiger charge is -2.09. The van der Waals surface area contributed by atoms with Crippen molar-refractivity contribution in [2.24, 2.45) is 7.05 Å². The van der Waals surface area contributed by atoms with E-state index in [9.17, 15) is 4.79 Å². The number of carbonyl (C=O) groups is 1. The fraction of sp³-hybridized carbons (Fsp3) is 0.533. The van der Waals surface area contributed by atoms with Crippen LogP contribution in [0.15, 0.2) is 12.3 Å². The highest BCUT2D eigenvalue weighted by molar-refractivity contribution is 5.90. The van der Waals surface area contributed by atoms with E-state index in [-0.39, 0.29) is 5.97 Å². The van der Waals surface area contributed by atoms with Crippen LogP contribution in [0, 0.1) is 0 Å². The van der Waals surface area contributed by atoms with Crippen LogP contribution in [0.4, 0.5) is 0 Å². The molecule has 0 N–H and O–H groups in total. The number of hydrogen-bond acceptors (Lipinski definition) is 4. The molecule has 2 aromatic rings. The van der Waals surface area contributed by atoms with Gasteiger partial charge in [0, 0.05) is 12.7 Å². The summed E-state index contributed by atoms with van der Waals surface area (Å²) in [6, 6.07) is 2.11. The van der Waals surface area contributed by atoms with Gasteiger partial charge >= 0.3 is 5.97 Å². The molecule has 0 amide bonds. The molecule has 0 saturated heterocycles. The molecule has 0 atom stereocenters. The highest BCUT2D eigenvalue weighted by Crippen LogP contribution is 2.14. The molecule has 114 valence electrons. The lowest BCUT2D eigenvalue weighted by Crippen LogP contribution is -2.14. The molecule has 0 fully saturated rings. The lowest BCUT2D eigenvalue weighted by molar-refractivity contribution is 0.0524. The largest absolute Gasteiger partial charge is 0.462 e. The Bertz CT molecular complexity index is 628. The average Bonchev–Trinajstić information content (AvgIpc) is 3.04. The van der Waals surface area contributed by atoms with Crippen LogP contribution in [0.25, 0.3) is 0 Å². The molecule has 6 nitrogen and oxygen atoms in total. The zero-order valence-corrected chi connectivity index (χ0v) is 13.1. The predicted molar refractivity (Wildman–Crippen MR) is 79.2 cm³/mol. The summed E-state index contributed by atoms with van der Waals surface area (Å²) in [5, 5.41) is 8.76. The molecule has 0 unspecified atom stereocenters. The zero-order chi connectivity index (χ0) is 15.4. The van der Waals surface area contributed by atoms with Crippen LogP contribution >= 0.6 is 0 Å². The number of nitrogens with zero attached hydrogens (tertiary/aromatic N) is 4. The fourth-order valence-electron chi connectivity index (χ4n) is 2.28. The Balaban J connectivity index is 2.33. The first kappa shape index (κ1) is 15.3. The van der Waals surface area contributed by atoms with Gasteiger partial charge in [-0.3, -0.25) is 9.36 Å². The van der Waals surface area contributed by atoms with Crippen molar-refractivity contribution in [1.82, 2.24) is 19.6 Å². The number of ether oxygens (including phenoxy) is 1. The first-order valence-electron chi connectivity index (χ1n) is 7.34. The minimum absolute atomic E-state index is 0.332. The van der Waals surface area contributed by atoms with E-state index in [0.717, 1.165) is 29.9 Å². The minimum Gasteiger partial charge on any atom is -0.462 e. The summed E-state index contributed by atoms with van der Waals surface area (Å²) in [4.78, 5) is 12.0. The maximum absolute atomic E-state index is 12.0. The molecule has 0 bridgehead atoms. The topological polar surface area (TPSA) is 61.9 Å². The summed E-state index contributed by atoms with van der Waals surface area (Å²) in [6.45, 7) is 6.86. The van der Waals surface area contributed by atoms with Crippen LogP contribution < -0.4 is 0 Å². The van der Waals surface area contributed by atoms with Gasteiger partial charge in [0.25, 0.3) is 0 Å². The van der Waals surface area contributed by atoms with E-state index >= 15 is 0 Å². The number of aryl methyl sites for hydroxylation is 3. The van der Waals surface area contributed by atoms with E-state index < -0.39 is 0 Å².